The average Bonchev–Trinajstić information content (AvgIpc) is 3.14. The number of nitrogens with zero attached hydrogens (tertiary/aromatic N) is 1. The number of carbonyl (C=O) groups is 2. The fourth-order valence-corrected chi connectivity index (χ4v) is 5.40. The summed E-state index contributed by atoms with van der Waals surface area (Å²) in [6.45, 7) is 2.48. The first-order valence-electron chi connectivity index (χ1n) is 12.1. The minimum atomic E-state index is -0.627. The number of carbonyl (C=O) groups excluding carboxylic acids is 2. The standard InChI is InChI=1S/C29H29NO4/c1-2-34-22-17-15-20(16-18-22)26-25(28(32)29(33)30(26)21-11-4-3-5-12-21)27(31)24-14-8-10-19-9-6-7-13-23(19)24/h6-10,13-18,21,26,31H,2-5,11-12H2,1H3/b27-25-. The molecule has 5 rings (SSSR count). The van der Waals surface area contributed by atoms with Crippen LogP contribution in [0.4, 0.5) is 0 Å². The van der Waals surface area contributed by atoms with Gasteiger partial charge in [0.15, 0.2) is 0 Å². The molecule has 0 aromatic heterocycles. The molecule has 2 fully saturated rings. The number of hydrogen-bond donors (Lipinski definition) is 1. The fraction of sp³-hybridized carbons (Fsp3) is 0.310. The highest BCUT2D eigenvalue weighted by atomic mass is 16.5. The molecule has 3 aromatic rings. The van der Waals surface area contributed by atoms with Gasteiger partial charge in [0.05, 0.1) is 18.2 Å². The van der Waals surface area contributed by atoms with E-state index in [0.717, 1.165) is 54.2 Å². The van der Waals surface area contributed by atoms with Gasteiger partial charge in [0.25, 0.3) is 11.7 Å². The summed E-state index contributed by atoms with van der Waals surface area (Å²) in [5.74, 6) is -0.523. The number of ether oxygens (including phenoxy) is 1. The van der Waals surface area contributed by atoms with Gasteiger partial charge in [-0.2, -0.15) is 0 Å². The summed E-state index contributed by atoms with van der Waals surface area (Å²) in [7, 11) is 0. The lowest BCUT2D eigenvalue weighted by molar-refractivity contribution is -0.141. The van der Waals surface area contributed by atoms with Crippen LogP contribution in [0, 0.1) is 0 Å². The first-order chi connectivity index (χ1) is 16.6. The number of fused-ring (bicyclic) bond motifs is 1. The van der Waals surface area contributed by atoms with Crippen molar-refractivity contribution in [3.05, 3.63) is 83.4 Å². The molecule has 0 spiro atoms. The summed E-state index contributed by atoms with van der Waals surface area (Å²) < 4.78 is 5.59. The van der Waals surface area contributed by atoms with E-state index in [-0.39, 0.29) is 17.4 Å². The van der Waals surface area contributed by atoms with E-state index in [4.69, 9.17) is 4.74 Å². The van der Waals surface area contributed by atoms with Crippen LogP contribution in [0.2, 0.25) is 0 Å². The van der Waals surface area contributed by atoms with Gasteiger partial charge < -0.3 is 14.7 Å². The third-order valence-electron chi connectivity index (χ3n) is 7.00. The van der Waals surface area contributed by atoms with Gasteiger partial charge in [-0.05, 0) is 48.2 Å². The maximum atomic E-state index is 13.4. The van der Waals surface area contributed by atoms with Crippen LogP contribution >= 0.6 is 0 Å². The predicted molar refractivity (Wildman–Crippen MR) is 133 cm³/mol. The second-order valence-electron chi connectivity index (χ2n) is 9.03. The molecule has 0 radical (unpaired) electrons. The van der Waals surface area contributed by atoms with E-state index in [2.05, 4.69) is 0 Å². The lowest BCUT2D eigenvalue weighted by Gasteiger charge is -2.35. The van der Waals surface area contributed by atoms with Gasteiger partial charge in [0, 0.05) is 11.6 Å². The second kappa shape index (κ2) is 9.34. The van der Waals surface area contributed by atoms with Gasteiger partial charge in [-0.3, -0.25) is 9.59 Å². The zero-order valence-corrected chi connectivity index (χ0v) is 19.4. The number of benzene rings is 3. The summed E-state index contributed by atoms with van der Waals surface area (Å²) in [4.78, 5) is 28.5. The largest absolute Gasteiger partial charge is 0.507 e. The summed E-state index contributed by atoms with van der Waals surface area (Å²) in [6.07, 6.45) is 4.95. The molecular formula is C29H29NO4. The van der Waals surface area contributed by atoms with Crippen LogP contribution in [0.15, 0.2) is 72.3 Å². The molecule has 1 unspecified atom stereocenters. The number of Topliss-reactive ketones (excluding diaryl/α,β-unsaturated/α-hetero) is 1. The van der Waals surface area contributed by atoms with E-state index < -0.39 is 17.7 Å². The minimum Gasteiger partial charge on any atom is -0.507 e. The number of ketones is 1. The van der Waals surface area contributed by atoms with Crippen LogP contribution < -0.4 is 4.74 Å². The third kappa shape index (κ3) is 3.85. The van der Waals surface area contributed by atoms with Crippen molar-refractivity contribution in [2.24, 2.45) is 0 Å². The van der Waals surface area contributed by atoms with Crippen molar-refractivity contribution in [2.75, 3.05) is 6.61 Å². The molecule has 0 bridgehead atoms. The smallest absolute Gasteiger partial charge is 0.295 e. The number of hydrogen-bond acceptors (Lipinski definition) is 4. The van der Waals surface area contributed by atoms with Crippen molar-refractivity contribution >= 4 is 28.2 Å². The normalized spacial score (nSPS) is 20.7. The lowest BCUT2D eigenvalue weighted by Crippen LogP contribution is -2.40. The number of likely N-dealkylation sites (tertiary alicyclic amines) is 1. The zero-order valence-electron chi connectivity index (χ0n) is 19.4. The van der Waals surface area contributed by atoms with Crippen LogP contribution in [0.25, 0.3) is 16.5 Å². The van der Waals surface area contributed by atoms with Crippen LogP contribution in [-0.4, -0.2) is 34.3 Å². The zero-order chi connectivity index (χ0) is 23.7. The van der Waals surface area contributed by atoms with Crippen molar-refractivity contribution in [1.29, 1.82) is 0 Å². The van der Waals surface area contributed by atoms with Gasteiger partial charge in [0.2, 0.25) is 0 Å². The Bertz CT molecular complexity index is 1250. The molecule has 1 aliphatic heterocycles. The Kier molecular flexibility index (Phi) is 6.10. The van der Waals surface area contributed by atoms with Crippen molar-refractivity contribution in [2.45, 2.75) is 51.1 Å². The van der Waals surface area contributed by atoms with Crippen LogP contribution in [0.1, 0.15) is 56.2 Å². The Morgan fingerprint density at radius 2 is 1.65 bits per heavy atom. The molecule has 2 aliphatic rings. The molecule has 5 heteroatoms. The predicted octanol–water partition coefficient (Wildman–Crippen LogP) is 5.99. The number of amides is 1. The average molecular weight is 456 g/mol. The Morgan fingerprint density at radius 3 is 2.38 bits per heavy atom. The first kappa shape index (κ1) is 22.2. The summed E-state index contributed by atoms with van der Waals surface area (Å²) in [6, 6.07) is 20.2. The molecule has 1 amide bonds. The Morgan fingerprint density at radius 1 is 0.941 bits per heavy atom. The van der Waals surface area contributed by atoms with Crippen LogP contribution in [0.3, 0.4) is 0 Å². The van der Waals surface area contributed by atoms with Gasteiger partial charge in [-0.1, -0.05) is 73.9 Å². The van der Waals surface area contributed by atoms with E-state index in [0.29, 0.717) is 12.2 Å². The number of aliphatic hydroxyl groups is 1. The first-order valence-corrected chi connectivity index (χ1v) is 12.1. The summed E-state index contributed by atoms with van der Waals surface area (Å²) in [5.41, 5.74) is 1.53. The molecule has 1 heterocycles. The van der Waals surface area contributed by atoms with Gasteiger partial charge in [-0.25, -0.2) is 0 Å². The van der Waals surface area contributed by atoms with Crippen molar-refractivity contribution in [3.8, 4) is 5.75 Å². The van der Waals surface area contributed by atoms with Crippen molar-refractivity contribution < 1.29 is 19.4 Å². The Labute approximate surface area is 199 Å². The SMILES string of the molecule is CCOc1ccc(C2/C(=C(/O)c3cccc4ccccc34)C(=O)C(=O)N2C2CCCCC2)cc1. The highest BCUT2D eigenvalue weighted by Crippen LogP contribution is 2.44. The lowest BCUT2D eigenvalue weighted by atomic mass is 9.90. The molecule has 174 valence electrons. The molecule has 5 nitrogen and oxygen atoms in total. The van der Waals surface area contributed by atoms with E-state index in [9.17, 15) is 14.7 Å². The topological polar surface area (TPSA) is 66.8 Å². The molecule has 1 saturated carbocycles. The second-order valence-corrected chi connectivity index (χ2v) is 9.03. The molecular weight excluding hydrogens is 426 g/mol. The highest BCUT2D eigenvalue weighted by molar-refractivity contribution is 6.46. The molecule has 1 aliphatic carbocycles. The van der Waals surface area contributed by atoms with Crippen LogP contribution in [-0.2, 0) is 9.59 Å². The quantitative estimate of drug-likeness (QED) is 0.291. The number of aliphatic hydroxyl groups excluding tert-OH is 1. The fourth-order valence-electron chi connectivity index (χ4n) is 5.40. The van der Waals surface area contributed by atoms with Gasteiger partial charge in [0.1, 0.15) is 11.5 Å². The van der Waals surface area contributed by atoms with E-state index in [1.165, 1.54) is 0 Å². The molecule has 34 heavy (non-hydrogen) atoms. The summed E-state index contributed by atoms with van der Waals surface area (Å²) >= 11 is 0. The number of rotatable bonds is 5. The highest BCUT2D eigenvalue weighted by Gasteiger charge is 2.48. The van der Waals surface area contributed by atoms with E-state index in [1.807, 2.05) is 67.6 Å². The molecule has 1 N–H and O–H groups in total. The Hall–Kier alpha value is -3.60. The third-order valence-corrected chi connectivity index (χ3v) is 7.00. The maximum Gasteiger partial charge on any atom is 0.295 e. The van der Waals surface area contributed by atoms with Crippen molar-refractivity contribution in [3.63, 3.8) is 0 Å². The van der Waals surface area contributed by atoms with E-state index in [1.54, 1.807) is 11.0 Å². The van der Waals surface area contributed by atoms with E-state index >= 15 is 0 Å². The monoisotopic (exact) mass is 455 g/mol. The molecule has 1 atom stereocenters. The van der Waals surface area contributed by atoms with Gasteiger partial charge >= 0.3 is 0 Å². The van der Waals surface area contributed by atoms with Crippen molar-refractivity contribution in [1.82, 2.24) is 4.90 Å². The maximum absolute atomic E-state index is 13.4. The molecule has 1 saturated heterocycles. The van der Waals surface area contributed by atoms with Crippen LogP contribution in [0.5, 0.6) is 5.75 Å². The summed E-state index contributed by atoms with van der Waals surface area (Å²) in [5, 5.41) is 13.4. The minimum absolute atomic E-state index is 0.0143. The Balaban J connectivity index is 1.68. The van der Waals surface area contributed by atoms with Gasteiger partial charge in [-0.15, -0.1) is 0 Å². The molecule has 3 aromatic carbocycles.